The third-order valence-electron chi connectivity index (χ3n) is 7.43. The van der Waals surface area contributed by atoms with E-state index in [1.54, 1.807) is 44.8 Å². The Morgan fingerprint density at radius 2 is 1.57 bits per heavy atom. The molecule has 1 N–H and O–H groups in total. The van der Waals surface area contributed by atoms with Gasteiger partial charge in [0.1, 0.15) is 18.1 Å². The second-order valence-corrected chi connectivity index (χ2v) is 10.4. The van der Waals surface area contributed by atoms with Crippen molar-refractivity contribution in [3.8, 4) is 11.5 Å². The second-order valence-electron chi connectivity index (χ2n) is 10.4. The highest BCUT2D eigenvalue weighted by atomic mass is 16.5. The Bertz CT molecular complexity index is 1690. The van der Waals surface area contributed by atoms with Gasteiger partial charge in [-0.05, 0) is 24.3 Å². The van der Waals surface area contributed by atoms with Crippen LogP contribution in [0.25, 0.3) is 11.2 Å². The number of aliphatic carboxylic acids is 1. The van der Waals surface area contributed by atoms with Crippen molar-refractivity contribution < 1.29 is 24.2 Å². The molecule has 13 nitrogen and oxygen atoms in total. The van der Waals surface area contributed by atoms with E-state index in [0.717, 1.165) is 48.7 Å². The van der Waals surface area contributed by atoms with Crippen LogP contribution in [0.5, 0.6) is 11.5 Å². The first-order valence-electron chi connectivity index (χ1n) is 14.3. The molecule has 2 aromatic carbocycles. The van der Waals surface area contributed by atoms with E-state index < -0.39 is 5.97 Å². The number of carbonyl (C=O) groups excluding carboxylic acids is 1. The minimum Gasteiger partial charge on any atom is -0.495 e. The largest absolute Gasteiger partial charge is 0.495 e. The Hall–Kier alpha value is -4.91. The van der Waals surface area contributed by atoms with E-state index in [2.05, 4.69) is 20.9 Å². The molecule has 13 heteroatoms. The van der Waals surface area contributed by atoms with E-state index in [0.29, 0.717) is 23.5 Å². The molecule has 1 fully saturated rings. The zero-order chi connectivity index (χ0) is 31.6. The summed E-state index contributed by atoms with van der Waals surface area (Å²) < 4.78 is 15.0. The van der Waals surface area contributed by atoms with Crippen LogP contribution in [0.15, 0.2) is 70.5 Å². The molecule has 234 valence electrons. The molecule has 4 aromatic rings. The Morgan fingerprint density at radius 3 is 2.25 bits per heavy atom. The van der Waals surface area contributed by atoms with Crippen LogP contribution in [-0.4, -0.2) is 86.9 Å². The third kappa shape index (κ3) is 7.92. The predicted molar refractivity (Wildman–Crippen MR) is 166 cm³/mol. The Kier molecular flexibility index (Phi) is 10.9. The summed E-state index contributed by atoms with van der Waals surface area (Å²) in [6.45, 7) is 5.10. The summed E-state index contributed by atoms with van der Waals surface area (Å²) in [5.41, 5.74) is 1.36. The number of ether oxygens (including phenoxy) is 2. The quantitative estimate of drug-likeness (QED) is 0.269. The number of hydrogen-bond donors (Lipinski definition) is 1. The predicted octanol–water partition coefficient (Wildman–Crippen LogP) is 1.76. The van der Waals surface area contributed by atoms with E-state index in [-0.39, 0.29) is 36.5 Å². The maximum atomic E-state index is 12.6. The fourth-order valence-corrected chi connectivity index (χ4v) is 4.92. The van der Waals surface area contributed by atoms with Gasteiger partial charge in [0.15, 0.2) is 16.9 Å². The van der Waals surface area contributed by atoms with Gasteiger partial charge in [-0.1, -0.05) is 30.3 Å². The van der Waals surface area contributed by atoms with Gasteiger partial charge in [0, 0.05) is 59.8 Å². The van der Waals surface area contributed by atoms with Crippen LogP contribution < -0.4 is 25.6 Å². The highest BCUT2D eigenvalue weighted by Crippen LogP contribution is 2.28. The Balaban J connectivity index is 0.000000249. The number of aryl methyl sites for hydroxylation is 1. The first-order chi connectivity index (χ1) is 21.2. The van der Waals surface area contributed by atoms with Gasteiger partial charge in [-0.3, -0.25) is 28.4 Å². The summed E-state index contributed by atoms with van der Waals surface area (Å²) in [7, 11) is 4.83. The van der Waals surface area contributed by atoms with Crippen molar-refractivity contribution in [2.45, 2.75) is 19.4 Å². The SMILES string of the molecule is COc1ccccc1N1CCN(CCn2cnc3c2c(=O)n(C)c(=O)n3C)CC1.O=C(O)CCC(=O)COc1ccccc1. The zero-order valence-electron chi connectivity index (χ0n) is 25.2. The number of ketones is 1. The van der Waals surface area contributed by atoms with Crippen molar-refractivity contribution in [1.29, 1.82) is 0 Å². The molecule has 3 heterocycles. The smallest absolute Gasteiger partial charge is 0.332 e. The van der Waals surface area contributed by atoms with Crippen molar-refractivity contribution in [2.75, 3.05) is 51.3 Å². The molecule has 1 aliphatic heterocycles. The molecule has 0 saturated carbocycles. The molecule has 0 amide bonds. The Morgan fingerprint density at radius 1 is 0.886 bits per heavy atom. The molecular formula is C31H38N6O7. The second kappa shape index (κ2) is 15.0. The van der Waals surface area contributed by atoms with Crippen molar-refractivity contribution in [2.24, 2.45) is 14.1 Å². The van der Waals surface area contributed by atoms with Crippen LogP contribution in [0.1, 0.15) is 12.8 Å². The number of carboxylic acid groups (broad SMARTS) is 1. The third-order valence-corrected chi connectivity index (χ3v) is 7.43. The number of piperazine rings is 1. The number of hydrogen-bond acceptors (Lipinski definition) is 9. The summed E-state index contributed by atoms with van der Waals surface area (Å²) in [4.78, 5) is 54.9. The normalized spacial score (nSPS) is 13.3. The number of anilines is 1. The molecule has 5 rings (SSSR count). The van der Waals surface area contributed by atoms with E-state index in [4.69, 9.17) is 14.6 Å². The van der Waals surface area contributed by atoms with Crippen molar-refractivity contribution >= 4 is 28.6 Å². The number of methoxy groups -OCH3 is 1. The Labute approximate surface area is 254 Å². The van der Waals surface area contributed by atoms with Crippen molar-refractivity contribution in [3.63, 3.8) is 0 Å². The molecule has 2 aromatic heterocycles. The summed E-state index contributed by atoms with van der Waals surface area (Å²) in [5, 5.41) is 8.35. The standard InChI is InChI=1S/C20H26N6O3.C11H12O4/c1-22-18-17(19(27)23(2)20(22)28)26(14-21-18)13-10-24-8-11-25(12-9-24)15-6-4-5-7-16(15)29-3;12-9(6-7-11(13)14)8-15-10-4-2-1-3-5-10/h4-7,14H,8-13H2,1-3H3;1-5H,6-8H2,(H,13,14). The van der Waals surface area contributed by atoms with E-state index in [1.807, 2.05) is 28.8 Å². The monoisotopic (exact) mass is 606 g/mol. The number of Topliss-reactive ketones (excluding diaryl/α,β-unsaturated/α-hetero) is 1. The lowest BCUT2D eigenvalue weighted by Crippen LogP contribution is -2.47. The van der Waals surface area contributed by atoms with Crippen LogP contribution in [0.3, 0.4) is 0 Å². The van der Waals surface area contributed by atoms with Crippen LogP contribution in [0, 0.1) is 0 Å². The van der Waals surface area contributed by atoms with Gasteiger partial charge >= 0.3 is 11.7 Å². The number of para-hydroxylation sites is 3. The highest BCUT2D eigenvalue weighted by Gasteiger charge is 2.20. The molecular weight excluding hydrogens is 568 g/mol. The minimum atomic E-state index is -0.969. The topological polar surface area (TPSA) is 141 Å². The summed E-state index contributed by atoms with van der Waals surface area (Å²) >= 11 is 0. The molecule has 44 heavy (non-hydrogen) atoms. The number of carbonyl (C=O) groups is 2. The number of nitrogens with zero attached hydrogens (tertiary/aromatic N) is 6. The molecule has 0 radical (unpaired) electrons. The van der Waals surface area contributed by atoms with Crippen LogP contribution in [-0.2, 0) is 30.2 Å². The lowest BCUT2D eigenvalue weighted by Gasteiger charge is -2.36. The van der Waals surface area contributed by atoms with Crippen LogP contribution in [0.4, 0.5) is 5.69 Å². The van der Waals surface area contributed by atoms with Gasteiger partial charge in [-0.15, -0.1) is 0 Å². The number of carboxylic acids is 1. The first-order valence-corrected chi connectivity index (χ1v) is 14.3. The fraction of sp³-hybridized carbons (Fsp3) is 0.387. The maximum Gasteiger partial charge on any atom is 0.332 e. The summed E-state index contributed by atoms with van der Waals surface area (Å²) in [5.74, 6) is 0.331. The maximum absolute atomic E-state index is 12.6. The van der Waals surface area contributed by atoms with E-state index in [1.165, 1.54) is 11.6 Å². The molecule has 0 aliphatic carbocycles. The fourth-order valence-electron chi connectivity index (χ4n) is 4.92. The number of fused-ring (bicyclic) bond motifs is 1. The first kappa shape index (κ1) is 32.0. The van der Waals surface area contributed by atoms with Gasteiger partial charge in [0.2, 0.25) is 0 Å². The van der Waals surface area contributed by atoms with Gasteiger partial charge in [-0.2, -0.15) is 0 Å². The number of aromatic nitrogens is 4. The van der Waals surface area contributed by atoms with Gasteiger partial charge in [0.05, 0.1) is 25.5 Å². The number of rotatable bonds is 11. The lowest BCUT2D eigenvalue weighted by molar-refractivity contribution is -0.138. The number of imidazole rings is 1. The summed E-state index contributed by atoms with van der Waals surface area (Å²) in [6, 6.07) is 17.0. The van der Waals surface area contributed by atoms with Crippen LogP contribution >= 0.6 is 0 Å². The van der Waals surface area contributed by atoms with E-state index >= 15 is 0 Å². The number of benzene rings is 2. The molecule has 0 atom stereocenters. The summed E-state index contributed by atoms with van der Waals surface area (Å²) in [6.07, 6.45) is 1.52. The van der Waals surface area contributed by atoms with E-state index in [9.17, 15) is 19.2 Å². The zero-order valence-corrected chi connectivity index (χ0v) is 25.2. The van der Waals surface area contributed by atoms with Crippen molar-refractivity contribution in [3.05, 3.63) is 81.8 Å². The minimum absolute atomic E-state index is 0.0160. The average molecular weight is 607 g/mol. The lowest BCUT2D eigenvalue weighted by atomic mass is 10.2. The van der Waals surface area contributed by atoms with Crippen LogP contribution in [0.2, 0.25) is 0 Å². The van der Waals surface area contributed by atoms with Gasteiger partial charge in [-0.25, -0.2) is 9.78 Å². The highest BCUT2D eigenvalue weighted by molar-refractivity contribution is 5.83. The van der Waals surface area contributed by atoms with Gasteiger partial charge < -0.3 is 24.0 Å². The molecule has 1 saturated heterocycles. The molecule has 0 spiro atoms. The molecule has 0 unspecified atom stereocenters. The van der Waals surface area contributed by atoms with Gasteiger partial charge in [0.25, 0.3) is 5.56 Å². The molecule has 1 aliphatic rings. The molecule has 0 bridgehead atoms. The van der Waals surface area contributed by atoms with Crippen molar-refractivity contribution in [1.82, 2.24) is 23.6 Å². The average Bonchev–Trinajstić information content (AvgIpc) is 3.48.